The largest absolute Gasteiger partial charge is 0.497 e. The second kappa shape index (κ2) is 9.08. The van der Waals surface area contributed by atoms with E-state index in [-0.39, 0.29) is 18.2 Å². The van der Waals surface area contributed by atoms with Crippen LogP contribution < -0.4 is 14.4 Å². The molecule has 2 fully saturated rings. The fourth-order valence-electron chi connectivity index (χ4n) is 4.43. The normalized spacial score (nSPS) is 20.4. The van der Waals surface area contributed by atoms with Gasteiger partial charge in [-0.3, -0.25) is 19.4 Å². The van der Waals surface area contributed by atoms with E-state index in [9.17, 15) is 9.59 Å². The standard InChI is InChI=1S/C24H29N3O4/c1-17-5-4-6-18(13-17)16-25-9-11-26(12-10-25)21-15-23(28)27(24(21)29)20-8-7-19(30-2)14-22(20)31-3/h4-8,13-14,21H,9-12,15-16H2,1-3H3/t21-/m1/s1. The molecule has 2 heterocycles. The summed E-state index contributed by atoms with van der Waals surface area (Å²) in [6, 6.07) is 13.3. The van der Waals surface area contributed by atoms with Crippen LogP contribution in [0.3, 0.4) is 0 Å². The number of benzene rings is 2. The van der Waals surface area contributed by atoms with Crippen LogP contribution in [0.15, 0.2) is 42.5 Å². The lowest BCUT2D eigenvalue weighted by Crippen LogP contribution is -2.52. The predicted molar refractivity (Wildman–Crippen MR) is 118 cm³/mol. The number of carbonyl (C=O) groups is 2. The molecule has 0 N–H and O–H groups in total. The summed E-state index contributed by atoms with van der Waals surface area (Å²) in [6.45, 7) is 6.29. The van der Waals surface area contributed by atoms with E-state index in [0.29, 0.717) is 17.2 Å². The van der Waals surface area contributed by atoms with Crippen LogP contribution in [0, 0.1) is 6.92 Å². The molecule has 2 aromatic rings. The lowest BCUT2D eigenvalue weighted by atomic mass is 10.1. The van der Waals surface area contributed by atoms with Crippen molar-refractivity contribution in [3.8, 4) is 11.5 Å². The SMILES string of the molecule is COc1ccc(N2C(=O)C[C@@H](N3CCN(Cc4cccc(C)c4)CC3)C2=O)c(OC)c1. The van der Waals surface area contributed by atoms with Gasteiger partial charge in [0.25, 0.3) is 5.91 Å². The van der Waals surface area contributed by atoms with Crippen molar-refractivity contribution in [3.05, 3.63) is 53.6 Å². The zero-order chi connectivity index (χ0) is 22.0. The Labute approximate surface area is 183 Å². The number of nitrogens with zero attached hydrogens (tertiary/aromatic N) is 3. The number of anilines is 1. The molecule has 0 radical (unpaired) electrons. The highest BCUT2D eigenvalue weighted by Crippen LogP contribution is 2.36. The number of methoxy groups -OCH3 is 2. The molecular formula is C24H29N3O4. The van der Waals surface area contributed by atoms with Crippen molar-refractivity contribution in [2.45, 2.75) is 25.9 Å². The van der Waals surface area contributed by atoms with Crippen LogP contribution in [0.25, 0.3) is 0 Å². The topological polar surface area (TPSA) is 62.3 Å². The van der Waals surface area contributed by atoms with Gasteiger partial charge in [0.15, 0.2) is 0 Å². The average Bonchev–Trinajstić information content (AvgIpc) is 3.07. The van der Waals surface area contributed by atoms with Gasteiger partial charge in [0.1, 0.15) is 11.5 Å². The van der Waals surface area contributed by atoms with Gasteiger partial charge >= 0.3 is 0 Å². The molecule has 0 bridgehead atoms. The van der Waals surface area contributed by atoms with E-state index in [0.717, 1.165) is 32.7 Å². The van der Waals surface area contributed by atoms with E-state index in [2.05, 4.69) is 41.0 Å². The van der Waals surface area contributed by atoms with Crippen LogP contribution in [-0.4, -0.2) is 68.1 Å². The number of rotatable bonds is 6. The number of amides is 2. The van der Waals surface area contributed by atoms with Gasteiger partial charge in [-0.1, -0.05) is 29.8 Å². The molecule has 4 rings (SSSR count). The van der Waals surface area contributed by atoms with Gasteiger partial charge in [-0.05, 0) is 24.6 Å². The molecular weight excluding hydrogens is 394 g/mol. The van der Waals surface area contributed by atoms with E-state index in [1.165, 1.54) is 23.1 Å². The summed E-state index contributed by atoms with van der Waals surface area (Å²) in [6.07, 6.45) is 0.200. The summed E-state index contributed by atoms with van der Waals surface area (Å²) in [4.78, 5) is 31.8. The van der Waals surface area contributed by atoms with Gasteiger partial charge < -0.3 is 9.47 Å². The van der Waals surface area contributed by atoms with E-state index in [1.807, 2.05) is 0 Å². The Morgan fingerprint density at radius 3 is 2.42 bits per heavy atom. The van der Waals surface area contributed by atoms with Crippen LogP contribution in [0.1, 0.15) is 17.5 Å². The molecule has 7 nitrogen and oxygen atoms in total. The first-order valence-electron chi connectivity index (χ1n) is 10.6. The third-order valence-corrected chi connectivity index (χ3v) is 6.09. The second-order valence-corrected chi connectivity index (χ2v) is 8.13. The number of aryl methyl sites for hydroxylation is 1. The smallest absolute Gasteiger partial charge is 0.251 e. The Hall–Kier alpha value is -2.90. The highest BCUT2D eigenvalue weighted by molar-refractivity contribution is 6.23. The first-order chi connectivity index (χ1) is 15.0. The fraction of sp³-hybridized carbons (Fsp3) is 0.417. The molecule has 1 atom stereocenters. The average molecular weight is 424 g/mol. The number of hydrogen-bond donors (Lipinski definition) is 0. The minimum absolute atomic E-state index is 0.180. The summed E-state index contributed by atoms with van der Waals surface area (Å²) >= 11 is 0. The van der Waals surface area contributed by atoms with Crippen LogP contribution in [0.5, 0.6) is 11.5 Å². The third-order valence-electron chi connectivity index (χ3n) is 6.09. The van der Waals surface area contributed by atoms with Crippen LogP contribution in [-0.2, 0) is 16.1 Å². The van der Waals surface area contributed by atoms with E-state index < -0.39 is 6.04 Å². The molecule has 31 heavy (non-hydrogen) atoms. The molecule has 2 aromatic carbocycles. The summed E-state index contributed by atoms with van der Waals surface area (Å²) in [5.74, 6) is 0.687. The van der Waals surface area contributed by atoms with E-state index in [1.54, 1.807) is 25.3 Å². The van der Waals surface area contributed by atoms with Crippen molar-refractivity contribution < 1.29 is 19.1 Å². The zero-order valence-corrected chi connectivity index (χ0v) is 18.3. The molecule has 0 aliphatic carbocycles. The van der Waals surface area contributed by atoms with Crippen molar-refractivity contribution in [2.75, 3.05) is 45.3 Å². The Balaban J connectivity index is 1.42. The molecule has 2 aliphatic rings. The first kappa shape index (κ1) is 21.3. The van der Waals surface area contributed by atoms with Crippen molar-refractivity contribution in [1.29, 1.82) is 0 Å². The Morgan fingerprint density at radius 1 is 0.968 bits per heavy atom. The summed E-state index contributed by atoms with van der Waals surface area (Å²) < 4.78 is 10.6. The molecule has 0 aromatic heterocycles. The molecule has 0 saturated carbocycles. The second-order valence-electron chi connectivity index (χ2n) is 8.13. The fourth-order valence-corrected chi connectivity index (χ4v) is 4.43. The van der Waals surface area contributed by atoms with Crippen molar-refractivity contribution in [1.82, 2.24) is 9.80 Å². The molecule has 0 spiro atoms. The van der Waals surface area contributed by atoms with E-state index in [4.69, 9.17) is 9.47 Å². The molecule has 164 valence electrons. The lowest BCUT2D eigenvalue weighted by Gasteiger charge is -2.37. The highest BCUT2D eigenvalue weighted by Gasteiger charge is 2.44. The molecule has 0 unspecified atom stereocenters. The molecule has 2 saturated heterocycles. The van der Waals surface area contributed by atoms with Crippen LogP contribution >= 0.6 is 0 Å². The summed E-state index contributed by atoms with van der Waals surface area (Å²) in [7, 11) is 3.09. The predicted octanol–water partition coefficient (Wildman–Crippen LogP) is 2.46. The van der Waals surface area contributed by atoms with Gasteiger partial charge in [0.05, 0.1) is 32.4 Å². The van der Waals surface area contributed by atoms with Crippen molar-refractivity contribution in [3.63, 3.8) is 0 Å². The van der Waals surface area contributed by atoms with Gasteiger partial charge in [0, 0.05) is 38.8 Å². The molecule has 7 heteroatoms. The first-order valence-corrected chi connectivity index (χ1v) is 10.6. The zero-order valence-electron chi connectivity index (χ0n) is 18.3. The third kappa shape index (κ3) is 4.43. The monoisotopic (exact) mass is 423 g/mol. The maximum Gasteiger partial charge on any atom is 0.251 e. The van der Waals surface area contributed by atoms with Crippen LogP contribution in [0.4, 0.5) is 5.69 Å². The highest BCUT2D eigenvalue weighted by atomic mass is 16.5. The Bertz CT molecular complexity index is 969. The Morgan fingerprint density at radius 2 is 1.74 bits per heavy atom. The van der Waals surface area contributed by atoms with E-state index >= 15 is 0 Å². The van der Waals surface area contributed by atoms with Crippen LogP contribution in [0.2, 0.25) is 0 Å². The minimum Gasteiger partial charge on any atom is -0.497 e. The quantitative estimate of drug-likeness (QED) is 0.666. The van der Waals surface area contributed by atoms with Crippen molar-refractivity contribution >= 4 is 17.5 Å². The van der Waals surface area contributed by atoms with Gasteiger partial charge in [-0.2, -0.15) is 0 Å². The minimum atomic E-state index is -0.416. The number of hydrogen-bond acceptors (Lipinski definition) is 6. The molecule has 2 aliphatic heterocycles. The number of imide groups is 1. The van der Waals surface area contributed by atoms with Gasteiger partial charge in [-0.15, -0.1) is 0 Å². The van der Waals surface area contributed by atoms with Gasteiger partial charge in [0.2, 0.25) is 5.91 Å². The van der Waals surface area contributed by atoms with Gasteiger partial charge in [-0.25, -0.2) is 4.90 Å². The molecule has 2 amide bonds. The summed E-state index contributed by atoms with van der Waals surface area (Å²) in [5, 5.41) is 0. The maximum atomic E-state index is 13.2. The maximum absolute atomic E-state index is 13.2. The number of piperazine rings is 1. The van der Waals surface area contributed by atoms with Crippen molar-refractivity contribution in [2.24, 2.45) is 0 Å². The summed E-state index contributed by atoms with van der Waals surface area (Å²) in [5.41, 5.74) is 3.04. The Kier molecular flexibility index (Phi) is 6.25. The lowest BCUT2D eigenvalue weighted by molar-refractivity contribution is -0.123. The number of carbonyl (C=O) groups excluding carboxylic acids is 2. The number of ether oxygens (including phenoxy) is 2.